The molecule has 0 aromatic heterocycles. The predicted molar refractivity (Wildman–Crippen MR) is 78.9 cm³/mol. The van der Waals surface area contributed by atoms with Gasteiger partial charge in [-0.2, -0.15) is 0 Å². The zero-order valence-corrected chi connectivity index (χ0v) is 12.9. The first-order valence-corrected chi connectivity index (χ1v) is 7.66. The fraction of sp³-hybridized carbons (Fsp3) is 0.538. The molecule has 0 heterocycles. The highest BCUT2D eigenvalue weighted by molar-refractivity contribution is 9.11. The van der Waals surface area contributed by atoms with E-state index >= 15 is 0 Å². The monoisotopic (exact) mass is 360 g/mol. The van der Waals surface area contributed by atoms with E-state index in [0.717, 1.165) is 22.0 Å². The van der Waals surface area contributed by atoms with Crippen LogP contribution < -0.4 is 11.1 Å². The molecule has 17 heavy (non-hydrogen) atoms. The third kappa shape index (κ3) is 3.78. The minimum Gasteiger partial charge on any atom is -0.330 e. The van der Waals surface area contributed by atoms with E-state index in [0.29, 0.717) is 12.0 Å². The summed E-state index contributed by atoms with van der Waals surface area (Å²) in [4.78, 5) is 0. The van der Waals surface area contributed by atoms with E-state index in [1.165, 1.54) is 24.8 Å². The molecule has 94 valence electrons. The Hall–Kier alpha value is 0.1000. The maximum absolute atomic E-state index is 5.79. The second kappa shape index (κ2) is 6.32. The van der Waals surface area contributed by atoms with Gasteiger partial charge in [0.05, 0.1) is 0 Å². The Balaban J connectivity index is 1.93. The molecule has 0 spiro atoms. The lowest BCUT2D eigenvalue weighted by atomic mass is 10.0. The van der Waals surface area contributed by atoms with Gasteiger partial charge in [0, 0.05) is 21.5 Å². The summed E-state index contributed by atoms with van der Waals surface area (Å²) in [7, 11) is 0. The van der Waals surface area contributed by atoms with Crippen molar-refractivity contribution in [2.75, 3.05) is 6.54 Å². The van der Waals surface area contributed by atoms with Crippen LogP contribution in [0.4, 0.5) is 0 Å². The van der Waals surface area contributed by atoms with Crippen LogP contribution in [0.15, 0.2) is 27.1 Å². The van der Waals surface area contributed by atoms with E-state index in [-0.39, 0.29) is 0 Å². The third-order valence-corrected chi connectivity index (χ3v) is 4.37. The van der Waals surface area contributed by atoms with Gasteiger partial charge in [0.15, 0.2) is 0 Å². The molecule has 1 saturated carbocycles. The third-order valence-electron chi connectivity index (χ3n) is 3.45. The van der Waals surface area contributed by atoms with Gasteiger partial charge in [0.2, 0.25) is 0 Å². The van der Waals surface area contributed by atoms with Gasteiger partial charge in [0.25, 0.3) is 0 Å². The molecule has 3 N–H and O–H groups in total. The fourth-order valence-corrected chi connectivity index (χ4v) is 3.94. The first-order valence-electron chi connectivity index (χ1n) is 6.07. The second-order valence-corrected chi connectivity index (χ2v) is 6.52. The van der Waals surface area contributed by atoms with Crippen LogP contribution in [0.1, 0.15) is 24.8 Å². The zero-order chi connectivity index (χ0) is 12.3. The number of rotatable bonds is 4. The van der Waals surface area contributed by atoms with E-state index in [4.69, 9.17) is 5.73 Å². The van der Waals surface area contributed by atoms with Crippen molar-refractivity contribution < 1.29 is 0 Å². The Labute approximate surface area is 120 Å². The van der Waals surface area contributed by atoms with Crippen LogP contribution in [-0.4, -0.2) is 12.6 Å². The standard InChI is InChI=1S/C13H18Br2N2/c14-11-4-9(5-12(15)6-11)8-17-13-3-1-2-10(13)7-16/h4-6,10,13,17H,1-3,7-8,16H2/t10-,13+/m1/s1. The molecule has 2 nitrogen and oxygen atoms in total. The molecule has 1 fully saturated rings. The molecule has 4 heteroatoms. The van der Waals surface area contributed by atoms with Gasteiger partial charge in [-0.15, -0.1) is 0 Å². The number of benzene rings is 1. The van der Waals surface area contributed by atoms with E-state index in [9.17, 15) is 0 Å². The summed E-state index contributed by atoms with van der Waals surface area (Å²) in [5.74, 6) is 0.658. The number of nitrogens with two attached hydrogens (primary N) is 1. The van der Waals surface area contributed by atoms with Crippen LogP contribution in [-0.2, 0) is 6.54 Å². The van der Waals surface area contributed by atoms with Gasteiger partial charge >= 0.3 is 0 Å². The Morgan fingerprint density at radius 3 is 2.53 bits per heavy atom. The number of hydrogen-bond acceptors (Lipinski definition) is 2. The second-order valence-electron chi connectivity index (χ2n) is 4.69. The summed E-state index contributed by atoms with van der Waals surface area (Å²) in [5, 5.41) is 3.63. The highest BCUT2D eigenvalue weighted by Crippen LogP contribution is 2.25. The quantitative estimate of drug-likeness (QED) is 0.862. The van der Waals surface area contributed by atoms with E-state index in [1.54, 1.807) is 0 Å². The van der Waals surface area contributed by atoms with Gasteiger partial charge in [-0.1, -0.05) is 38.3 Å². The van der Waals surface area contributed by atoms with Crippen molar-refractivity contribution in [2.45, 2.75) is 31.8 Å². The van der Waals surface area contributed by atoms with Crippen LogP contribution >= 0.6 is 31.9 Å². The highest BCUT2D eigenvalue weighted by atomic mass is 79.9. The number of hydrogen-bond donors (Lipinski definition) is 2. The van der Waals surface area contributed by atoms with Crippen molar-refractivity contribution in [1.82, 2.24) is 5.32 Å². The summed E-state index contributed by atoms with van der Waals surface area (Å²) in [6.07, 6.45) is 3.84. The summed E-state index contributed by atoms with van der Waals surface area (Å²) < 4.78 is 2.23. The van der Waals surface area contributed by atoms with Crippen molar-refractivity contribution in [1.29, 1.82) is 0 Å². The molecule has 0 radical (unpaired) electrons. The molecule has 0 saturated heterocycles. The molecule has 1 aliphatic carbocycles. The van der Waals surface area contributed by atoms with Crippen molar-refractivity contribution in [3.8, 4) is 0 Å². The maximum atomic E-state index is 5.79. The molecular weight excluding hydrogens is 344 g/mol. The molecule has 1 aliphatic rings. The van der Waals surface area contributed by atoms with Gasteiger partial charge in [0.1, 0.15) is 0 Å². The first-order chi connectivity index (χ1) is 8.19. The summed E-state index contributed by atoms with van der Waals surface area (Å²) in [6, 6.07) is 6.97. The number of halogens is 2. The summed E-state index contributed by atoms with van der Waals surface area (Å²) in [5.41, 5.74) is 7.09. The van der Waals surface area contributed by atoms with Crippen molar-refractivity contribution in [3.63, 3.8) is 0 Å². The Kier molecular flexibility index (Phi) is 5.03. The zero-order valence-electron chi connectivity index (χ0n) is 9.76. The minimum atomic E-state index is 0.595. The van der Waals surface area contributed by atoms with Gasteiger partial charge < -0.3 is 11.1 Å². The van der Waals surface area contributed by atoms with Crippen molar-refractivity contribution in [2.24, 2.45) is 11.7 Å². The number of nitrogens with one attached hydrogen (secondary N) is 1. The fourth-order valence-electron chi connectivity index (χ4n) is 2.55. The molecule has 0 bridgehead atoms. The van der Waals surface area contributed by atoms with E-state index in [1.807, 2.05) is 0 Å². The Morgan fingerprint density at radius 1 is 1.18 bits per heavy atom. The van der Waals surface area contributed by atoms with E-state index < -0.39 is 0 Å². The summed E-state index contributed by atoms with van der Waals surface area (Å²) >= 11 is 7.03. The largest absolute Gasteiger partial charge is 0.330 e. The Morgan fingerprint density at radius 2 is 1.88 bits per heavy atom. The topological polar surface area (TPSA) is 38.0 Å². The molecule has 0 amide bonds. The van der Waals surface area contributed by atoms with Crippen LogP contribution in [0.2, 0.25) is 0 Å². The lowest BCUT2D eigenvalue weighted by Crippen LogP contribution is -2.35. The van der Waals surface area contributed by atoms with Crippen LogP contribution in [0.3, 0.4) is 0 Å². The molecule has 1 aromatic carbocycles. The molecule has 2 rings (SSSR count). The minimum absolute atomic E-state index is 0.595. The lowest BCUT2D eigenvalue weighted by Gasteiger charge is -2.19. The molecule has 1 aromatic rings. The van der Waals surface area contributed by atoms with Gasteiger partial charge in [-0.3, -0.25) is 0 Å². The average Bonchev–Trinajstić information content (AvgIpc) is 2.72. The van der Waals surface area contributed by atoms with Crippen molar-refractivity contribution >= 4 is 31.9 Å². The van der Waals surface area contributed by atoms with Crippen molar-refractivity contribution in [3.05, 3.63) is 32.7 Å². The van der Waals surface area contributed by atoms with E-state index in [2.05, 4.69) is 55.4 Å². The predicted octanol–water partition coefficient (Wildman–Crippen LogP) is 3.43. The Bertz CT molecular complexity index is 361. The highest BCUT2D eigenvalue weighted by Gasteiger charge is 2.25. The van der Waals surface area contributed by atoms with Crippen LogP contribution in [0.5, 0.6) is 0 Å². The van der Waals surface area contributed by atoms with Gasteiger partial charge in [-0.25, -0.2) is 0 Å². The SMILES string of the molecule is NC[C@H]1CCC[C@@H]1NCc1cc(Br)cc(Br)c1. The normalized spacial score (nSPS) is 24.2. The summed E-state index contributed by atoms with van der Waals surface area (Å²) in [6.45, 7) is 1.72. The lowest BCUT2D eigenvalue weighted by molar-refractivity contribution is 0.406. The average molecular weight is 362 g/mol. The molecule has 2 atom stereocenters. The molecule has 0 unspecified atom stereocenters. The van der Waals surface area contributed by atoms with Crippen LogP contribution in [0.25, 0.3) is 0 Å². The molecular formula is C13H18Br2N2. The first kappa shape index (κ1) is 13.5. The van der Waals surface area contributed by atoms with Gasteiger partial charge in [-0.05, 0) is 49.1 Å². The smallest absolute Gasteiger partial charge is 0.0209 e. The maximum Gasteiger partial charge on any atom is 0.0209 e. The van der Waals surface area contributed by atoms with Crippen LogP contribution in [0, 0.1) is 5.92 Å². The molecule has 0 aliphatic heterocycles.